The van der Waals surface area contributed by atoms with Gasteiger partial charge in [-0.3, -0.25) is 14.9 Å². The second-order valence-electron chi connectivity index (χ2n) is 4.22. The number of nitro benzene ring substituents is 1. The molecule has 9 heteroatoms. The third-order valence-electron chi connectivity index (χ3n) is 2.63. The van der Waals surface area contributed by atoms with Crippen LogP contribution in [0, 0.1) is 10.1 Å². The lowest BCUT2D eigenvalue weighted by Crippen LogP contribution is -2.31. The number of rotatable bonds is 6. The van der Waals surface area contributed by atoms with E-state index in [4.69, 9.17) is 11.6 Å². The summed E-state index contributed by atoms with van der Waals surface area (Å²) in [5.74, 6) is -0.761. The van der Waals surface area contributed by atoms with Gasteiger partial charge in [0.25, 0.3) is 18.0 Å². The minimum atomic E-state index is -2.69. The molecule has 0 atom stereocenters. The zero-order chi connectivity index (χ0) is 16.2. The van der Waals surface area contributed by atoms with Crippen LogP contribution in [0.2, 0.25) is 5.02 Å². The van der Waals surface area contributed by atoms with Gasteiger partial charge in [0.05, 0.1) is 16.5 Å². The molecular weight excluding hydrogens is 308 g/mol. The molecule has 0 bridgehead atoms. The molecule has 116 valence electrons. The number of alkyl halides is 2. The first kappa shape index (κ1) is 17.1. The first-order chi connectivity index (χ1) is 9.77. The second kappa shape index (κ2) is 7.16. The number of carbonyl (C=O) groups is 1. The quantitative estimate of drug-likeness (QED) is 0.645. The molecule has 1 amide bonds. The Morgan fingerprint density at radius 1 is 1.52 bits per heavy atom. The van der Waals surface area contributed by atoms with Gasteiger partial charge in [0.2, 0.25) is 0 Å². The van der Waals surface area contributed by atoms with Gasteiger partial charge in [0.15, 0.2) is 0 Å². The third kappa shape index (κ3) is 4.25. The van der Waals surface area contributed by atoms with Crippen LogP contribution in [0.15, 0.2) is 12.1 Å². The van der Waals surface area contributed by atoms with Crippen LogP contribution in [0.4, 0.5) is 20.2 Å². The Balaban J connectivity index is 3.21. The van der Waals surface area contributed by atoms with E-state index in [-0.39, 0.29) is 22.0 Å². The van der Waals surface area contributed by atoms with Crippen LogP contribution in [0.1, 0.15) is 17.3 Å². The van der Waals surface area contributed by atoms with Gasteiger partial charge in [-0.2, -0.15) is 0 Å². The number of nitro groups is 1. The molecule has 0 radical (unpaired) electrons. The van der Waals surface area contributed by atoms with Crippen molar-refractivity contribution in [2.75, 3.05) is 25.5 Å². The molecular formula is C12H14ClF2N3O3. The summed E-state index contributed by atoms with van der Waals surface area (Å²) in [4.78, 5) is 23.1. The average molecular weight is 322 g/mol. The lowest BCUT2D eigenvalue weighted by molar-refractivity contribution is -0.384. The Morgan fingerprint density at radius 3 is 2.62 bits per heavy atom. The number of hydrogen-bond donors (Lipinski definition) is 1. The summed E-state index contributed by atoms with van der Waals surface area (Å²) in [6.45, 7) is 1.37. The van der Waals surface area contributed by atoms with E-state index >= 15 is 0 Å². The Morgan fingerprint density at radius 2 is 2.14 bits per heavy atom. The molecule has 0 aromatic heterocycles. The highest BCUT2D eigenvalue weighted by Crippen LogP contribution is 2.34. The number of benzene rings is 1. The van der Waals surface area contributed by atoms with Gasteiger partial charge in [-0.25, -0.2) is 8.78 Å². The summed E-state index contributed by atoms with van der Waals surface area (Å²) in [5.41, 5.74) is -0.396. The van der Waals surface area contributed by atoms with Crippen molar-refractivity contribution in [2.45, 2.75) is 13.3 Å². The Bertz CT molecular complexity index is 555. The molecule has 0 saturated heterocycles. The summed E-state index contributed by atoms with van der Waals surface area (Å²) in [6, 6.07) is 2.24. The predicted octanol–water partition coefficient (Wildman–Crippen LogP) is 3.02. The molecule has 0 unspecified atom stereocenters. The number of anilines is 1. The molecule has 0 aliphatic rings. The van der Waals surface area contributed by atoms with E-state index < -0.39 is 23.8 Å². The Hall–Kier alpha value is -1.96. The van der Waals surface area contributed by atoms with E-state index in [1.54, 1.807) is 6.92 Å². The van der Waals surface area contributed by atoms with E-state index in [1.165, 1.54) is 13.1 Å². The molecule has 0 spiro atoms. The van der Waals surface area contributed by atoms with E-state index in [0.29, 0.717) is 6.54 Å². The van der Waals surface area contributed by atoms with Crippen molar-refractivity contribution in [1.29, 1.82) is 0 Å². The van der Waals surface area contributed by atoms with Crippen molar-refractivity contribution in [1.82, 2.24) is 4.90 Å². The highest BCUT2D eigenvalue weighted by molar-refractivity contribution is 6.34. The van der Waals surface area contributed by atoms with Crippen molar-refractivity contribution in [2.24, 2.45) is 0 Å². The van der Waals surface area contributed by atoms with Gasteiger partial charge in [0, 0.05) is 25.2 Å². The van der Waals surface area contributed by atoms with Crippen LogP contribution in [-0.4, -0.2) is 42.3 Å². The summed E-state index contributed by atoms with van der Waals surface area (Å²) >= 11 is 5.93. The van der Waals surface area contributed by atoms with E-state index in [9.17, 15) is 23.7 Å². The fourth-order valence-electron chi connectivity index (χ4n) is 1.72. The summed E-state index contributed by atoms with van der Waals surface area (Å²) < 4.78 is 24.5. The summed E-state index contributed by atoms with van der Waals surface area (Å²) in [5, 5.41) is 13.8. The smallest absolute Gasteiger partial charge is 0.294 e. The molecule has 1 aromatic carbocycles. The number of hydrogen-bond acceptors (Lipinski definition) is 4. The lowest BCUT2D eigenvalue weighted by Gasteiger charge is -2.17. The van der Waals surface area contributed by atoms with Crippen molar-refractivity contribution in [3.63, 3.8) is 0 Å². The molecule has 0 fully saturated rings. The molecule has 1 rings (SSSR count). The fourth-order valence-corrected chi connectivity index (χ4v) is 2.00. The largest absolute Gasteiger partial charge is 0.379 e. The zero-order valence-electron chi connectivity index (χ0n) is 11.4. The van der Waals surface area contributed by atoms with Gasteiger partial charge < -0.3 is 10.2 Å². The molecule has 1 N–H and O–H groups in total. The highest BCUT2D eigenvalue weighted by Gasteiger charge is 2.23. The predicted molar refractivity (Wildman–Crippen MR) is 75.2 cm³/mol. The summed E-state index contributed by atoms with van der Waals surface area (Å²) in [6.07, 6.45) is -2.69. The number of nitrogens with zero attached hydrogens (tertiary/aromatic N) is 2. The molecule has 21 heavy (non-hydrogen) atoms. The first-order valence-corrected chi connectivity index (χ1v) is 6.41. The van der Waals surface area contributed by atoms with Crippen LogP contribution in [0.5, 0.6) is 0 Å². The number of nitrogens with one attached hydrogen (secondary N) is 1. The van der Waals surface area contributed by atoms with Crippen LogP contribution >= 0.6 is 11.6 Å². The monoisotopic (exact) mass is 321 g/mol. The van der Waals surface area contributed by atoms with Crippen LogP contribution < -0.4 is 5.32 Å². The van der Waals surface area contributed by atoms with Gasteiger partial charge >= 0.3 is 0 Å². The summed E-state index contributed by atoms with van der Waals surface area (Å²) in [7, 11) is 1.19. The minimum absolute atomic E-state index is 0.0140. The molecule has 0 aliphatic heterocycles. The molecule has 0 heterocycles. The van der Waals surface area contributed by atoms with Gasteiger partial charge in [-0.1, -0.05) is 11.6 Å². The number of carbonyl (C=O) groups excluding carboxylic acids is 1. The number of halogens is 3. The fraction of sp³-hybridized carbons (Fsp3) is 0.417. The van der Waals surface area contributed by atoms with Crippen LogP contribution in [0.3, 0.4) is 0 Å². The van der Waals surface area contributed by atoms with E-state index in [2.05, 4.69) is 5.32 Å². The van der Waals surface area contributed by atoms with Gasteiger partial charge in [-0.05, 0) is 13.0 Å². The maximum absolute atomic E-state index is 12.3. The van der Waals surface area contributed by atoms with E-state index in [0.717, 1.165) is 11.0 Å². The number of amides is 1. The van der Waals surface area contributed by atoms with Crippen molar-refractivity contribution in [3.8, 4) is 0 Å². The maximum atomic E-state index is 12.3. The van der Waals surface area contributed by atoms with Crippen molar-refractivity contribution >= 4 is 28.9 Å². The second-order valence-corrected chi connectivity index (χ2v) is 4.62. The normalized spacial score (nSPS) is 10.6. The molecule has 1 aromatic rings. The van der Waals surface area contributed by atoms with E-state index in [1.807, 2.05) is 0 Å². The third-order valence-corrected chi connectivity index (χ3v) is 2.92. The molecule has 0 aliphatic carbocycles. The lowest BCUT2D eigenvalue weighted by atomic mass is 10.1. The molecule has 0 saturated carbocycles. The van der Waals surface area contributed by atoms with Gasteiger partial charge in [-0.15, -0.1) is 0 Å². The standard InChI is InChI=1S/C12H14ClF2N3O3/c1-3-16-11-8(13)4-7(5-9(11)18(20)21)12(19)17(2)6-10(14)15/h4-5,10,16H,3,6H2,1-2H3. The Labute approximate surface area is 124 Å². The van der Waals surface area contributed by atoms with Gasteiger partial charge in [0.1, 0.15) is 5.69 Å². The van der Waals surface area contributed by atoms with Crippen molar-refractivity contribution < 1.29 is 18.5 Å². The topological polar surface area (TPSA) is 75.5 Å². The average Bonchev–Trinajstić information content (AvgIpc) is 2.38. The minimum Gasteiger partial charge on any atom is -0.379 e. The maximum Gasteiger partial charge on any atom is 0.294 e. The van der Waals surface area contributed by atoms with Crippen LogP contribution in [0.25, 0.3) is 0 Å². The highest BCUT2D eigenvalue weighted by atomic mass is 35.5. The molecule has 6 nitrogen and oxygen atoms in total. The van der Waals surface area contributed by atoms with Crippen molar-refractivity contribution in [3.05, 3.63) is 32.8 Å². The SMILES string of the molecule is CCNc1c(Cl)cc(C(=O)N(C)CC(F)F)cc1[N+](=O)[O-]. The zero-order valence-corrected chi connectivity index (χ0v) is 12.2. The Kier molecular flexibility index (Phi) is 5.83. The first-order valence-electron chi connectivity index (χ1n) is 6.03. The van der Waals surface area contributed by atoms with Crippen LogP contribution in [-0.2, 0) is 0 Å².